The zero-order valence-electron chi connectivity index (χ0n) is 14.2. The van der Waals surface area contributed by atoms with Crippen LogP contribution in [0.25, 0.3) is 0 Å². The van der Waals surface area contributed by atoms with Crippen molar-refractivity contribution >= 4 is 21.6 Å². The molecule has 0 unspecified atom stereocenters. The summed E-state index contributed by atoms with van der Waals surface area (Å²) >= 11 is 0. The van der Waals surface area contributed by atoms with E-state index in [4.69, 9.17) is 0 Å². The van der Waals surface area contributed by atoms with Crippen LogP contribution in [-0.2, 0) is 16.6 Å². The van der Waals surface area contributed by atoms with Crippen LogP contribution in [0.3, 0.4) is 0 Å². The van der Waals surface area contributed by atoms with Gasteiger partial charge in [0.1, 0.15) is 5.82 Å². The third kappa shape index (κ3) is 4.99. The second-order valence-corrected chi connectivity index (χ2v) is 7.56. The first-order chi connectivity index (χ1) is 12.9. The summed E-state index contributed by atoms with van der Waals surface area (Å²) in [6, 6.07) is 20.1. The highest BCUT2D eigenvalue weighted by atomic mass is 32.2. The Morgan fingerprint density at radius 3 is 2.11 bits per heavy atom. The van der Waals surface area contributed by atoms with Crippen LogP contribution in [0.1, 0.15) is 15.9 Å². The molecule has 0 heterocycles. The summed E-state index contributed by atoms with van der Waals surface area (Å²) in [7, 11) is -3.69. The van der Waals surface area contributed by atoms with Crippen molar-refractivity contribution in [2.24, 2.45) is 0 Å². The lowest BCUT2D eigenvalue weighted by Crippen LogP contribution is -2.23. The zero-order chi connectivity index (χ0) is 19.3. The Morgan fingerprint density at radius 1 is 0.852 bits per heavy atom. The van der Waals surface area contributed by atoms with Crippen molar-refractivity contribution in [3.63, 3.8) is 0 Å². The predicted molar refractivity (Wildman–Crippen MR) is 101 cm³/mol. The molecule has 0 fully saturated rings. The van der Waals surface area contributed by atoms with Crippen LogP contribution < -0.4 is 10.0 Å². The standard InChI is InChI=1S/C20H17FN2O3S/c21-17-8-10-18(11-9-17)23-20(24)16-6-12-19(13-7-16)27(25,26)22-14-15-4-2-1-3-5-15/h1-13,22H,14H2,(H,23,24). The number of anilines is 1. The lowest BCUT2D eigenvalue weighted by Gasteiger charge is -2.08. The molecule has 3 aromatic rings. The number of rotatable bonds is 6. The smallest absolute Gasteiger partial charge is 0.255 e. The average molecular weight is 384 g/mol. The maximum atomic E-state index is 12.9. The van der Waals surface area contributed by atoms with E-state index in [0.29, 0.717) is 11.3 Å². The molecule has 0 aliphatic carbocycles. The molecule has 138 valence electrons. The van der Waals surface area contributed by atoms with Crippen LogP contribution in [-0.4, -0.2) is 14.3 Å². The van der Waals surface area contributed by atoms with E-state index >= 15 is 0 Å². The van der Waals surface area contributed by atoms with E-state index < -0.39 is 21.7 Å². The molecule has 0 spiro atoms. The lowest BCUT2D eigenvalue weighted by atomic mass is 10.2. The van der Waals surface area contributed by atoms with E-state index in [2.05, 4.69) is 10.0 Å². The topological polar surface area (TPSA) is 75.3 Å². The van der Waals surface area contributed by atoms with Gasteiger partial charge in [0, 0.05) is 17.8 Å². The van der Waals surface area contributed by atoms with E-state index in [1.165, 1.54) is 48.5 Å². The minimum absolute atomic E-state index is 0.0664. The highest BCUT2D eigenvalue weighted by molar-refractivity contribution is 7.89. The molecule has 0 atom stereocenters. The van der Waals surface area contributed by atoms with Gasteiger partial charge in [-0.1, -0.05) is 30.3 Å². The van der Waals surface area contributed by atoms with E-state index in [-0.39, 0.29) is 11.4 Å². The van der Waals surface area contributed by atoms with E-state index in [9.17, 15) is 17.6 Å². The average Bonchev–Trinajstić information content (AvgIpc) is 2.69. The van der Waals surface area contributed by atoms with Gasteiger partial charge in [0.05, 0.1) is 4.90 Å². The molecule has 7 heteroatoms. The van der Waals surface area contributed by atoms with Crippen LogP contribution in [0.2, 0.25) is 0 Å². The summed E-state index contributed by atoms with van der Waals surface area (Å²) in [6.07, 6.45) is 0. The number of carbonyl (C=O) groups excluding carboxylic acids is 1. The first-order valence-corrected chi connectivity index (χ1v) is 9.63. The molecule has 0 saturated heterocycles. The van der Waals surface area contributed by atoms with Gasteiger partial charge in [-0.15, -0.1) is 0 Å². The van der Waals surface area contributed by atoms with Gasteiger partial charge in [-0.25, -0.2) is 17.5 Å². The van der Waals surface area contributed by atoms with Crippen molar-refractivity contribution in [1.82, 2.24) is 4.72 Å². The third-order valence-corrected chi connectivity index (χ3v) is 5.26. The van der Waals surface area contributed by atoms with Crippen molar-refractivity contribution in [1.29, 1.82) is 0 Å². The van der Waals surface area contributed by atoms with Gasteiger partial charge < -0.3 is 5.32 Å². The fraction of sp³-hybridized carbons (Fsp3) is 0.0500. The molecule has 0 aliphatic rings. The Hall–Kier alpha value is -3.03. The molecular formula is C20H17FN2O3S. The van der Waals surface area contributed by atoms with Crippen molar-refractivity contribution in [3.8, 4) is 0 Å². The fourth-order valence-electron chi connectivity index (χ4n) is 2.38. The maximum Gasteiger partial charge on any atom is 0.255 e. The highest BCUT2D eigenvalue weighted by Crippen LogP contribution is 2.14. The number of amides is 1. The minimum atomic E-state index is -3.69. The summed E-state index contributed by atoms with van der Waals surface area (Å²) in [6.45, 7) is 0.177. The summed E-state index contributed by atoms with van der Waals surface area (Å²) in [5.41, 5.74) is 1.58. The van der Waals surface area contributed by atoms with Crippen LogP contribution in [0, 0.1) is 5.82 Å². The molecule has 2 N–H and O–H groups in total. The first-order valence-electron chi connectivity index (χ1n) is 8.15. The van der Waals surface area contributed by atoms with E-state index in [0.717, 1.165) is 5.56 Å². The van der Waals surface area contributed by atoms with Crippen molar-refractivity contribution < 1.29 is 17.6 Å². The second-order valence-electron chi connectivity index (χ2n) is 5.80. The van der Waals surface area contributed by atoms with E-state index in [1.54, 1.807) is 0 Å². The van der Waals surface area contributed by atoms with Crippen LogP contribution in [0.4, 0.5) is 10.1 Å². The van der Waals surface area contributed by atoms with Crippen molar-refractivity contribution in [2.45, 2.75) is 11.4 Å². The largest absolute Gasteiger partial charge is 0.322 e. The van der Waals surface area contributed by atoms with Crippen molar-refractivity contribution in [2.75, 3.05) is 5.32 Å². The molecule has 27 heavy (non-hydrogen) atoms. The summed E-state index contributed by atoms with van der Waals surface area (Å²) in [5.74, 6) is -0.812. The molecular weight excluding hydrogens is 367 g/mol. The number of halogens is 1. The van der Waals surface area contributed by atoms with Gasteiger partial charge in [0.15, 0.2) is 0 Å². The predicted octanol–water partition coefficient (Wildman–Crippen LogP) is 3.56. The number of hydrogen-bond donors (Lipinski definition) is 2. The summed E-state index contributed by atoms with van der Waals surface area (Å²) < 4.78 is 40.1. The van der Waals surface area contributed by atoms with Gasteiger partial charge >= 0.3 is 0 Å². The summed E-state index contributed by atoms with van der Waals surface area (Å²) in [4.78, 5) is 12.3. The number of benzene rings is 3. The Balaban J connectivity index is 1.66. The Labute approximate surface area is 156 Å². The van der Waals surface area contributed by atoms with Gasteiger partial charge in [-0.05, 0) is 54.1 Å². The third-order valence-electron chi connectivity index (χ3n) is 3.84. The van der Waals surface area contributed by atoms with Gasteiger partial charge in [-0.3, -0.25) is 4.79 Å². The monoisotopic (exact) mass is 384 g/mol. The second kappa shape index (κ2) is 8.11. The zero-order valence-corrected chi connectivity index (χ0v) is 15.0. The van der Waals surface area contributed by atoms with Gasteiger partial charge in [0.25, 0.3) is 5.91 Å². The molecule has 0 aromatic heterocycles. The molecule has 5 nitrogen and oxygen atoms in total. The van der Waals surface area contributed by atoms with E-state index in [1.807, 2.05) is 30.3 Å². The number of carbonyl (C=O) groups is 1. The van der Waals surface area contributed by atoms with Crippen molar-refractivity contribution in [3.05, 3.63) is 95.8 Å². The summed E-state index contributed by atoms with van der Waals surface area (Å²) in [5, 5.41) is 2.62. The highest BCUT2D eigenvalue weighted by Gasteiger charge is 2.15. The molecule has 0 saturated carbocycles. The molecule has 1 amide bonds. The maximum absolute atomic E-state index is 12.9. The van der Waals surface area contributed by atoms with Crippen LogP contribution in [0.15, 0.2) is 83.8 Å². The SMILES string of the molecule is O=C(Nc1ccc(F)cc1)c1ccc(S(=O)(=O)NCc2ccccc2)cc1. The van der Waals surface area contributed by atoms with Gasteiger partial charge in [-0.2, -0.15) is 0 Å². The Kier molecular flexibility index (Phi) is 5.63. The molecule has 3 rings (SSSR count). The number of sulfonamides is 1. The Bertz CT molecular complexity index is 1020. The number of hydrogen-bond acceptors (Lipinski definition) is 3. The molecule has 0 radical (unpaired) electrons. The minimum Gasteiger partial charge on any atom is -0.322 e. The Morgan fingerprint density at radius 2 is 1.48 bits per heavy atom. The molecule has 0 aliphatic heterocycles. The lowest BCUT2D eigenvalue weighted by molar-refractivity contribution is 0.102. The molecule has 3 aromatic carbocycles. The first kappa shape index (κ1) is 18.8. The quantitative estimate of drug-likeness (QED) is 0.682. The van der Waals surface area contributed by atoms with Crippen LogP contribution >= 0.6 is 0 Å². The fourth-order valence-corrected chi connectivity index (χ4v) is 3.40. The normalized spacial score (nSPS) is 11.1. The van der Waals surface area contributed by atoms with Gasteiger partial charge in [0.2, 0.25) is 10.0 Å². The molecule has 0 bridgehead atoms. The number of nitrogens with one attached hydrogen (secondary N) is 2. The van der Waals surface area contributed by atoms with Crippen LogP contribution in [0.5, 0.6) is 0 Å².